The van der Waals surface area contributed by atoms with Gasteiger partial charge in [-0.3, -0.25) is 10.1 Å². The van der Waals surface area contributed by atoms with Crippen molar-refractivity contribution in [2.45, 2.75) is 30.6 Å². The number of sulfonamides is 1. The van der Waals surface area contributed by atoms with Gasteiger partial charge in [-0.2, -0.15) is 0 Å². The second-order valence-corrected chi connectivity index (χ2v) is 8.68. The molecule has 144 valence electrons. The van der Waals surface area contributed by atoms with Gasteiger partial charge in [0.05, 0.1) is 4.92 Å². The van der Waals surface area contributed by atoms with Crippen molar-refractivity contribution in [3.05, 3.63) is 75.8 Å². The van der Waals surface area contributed by atoms with Crippen LogP contribution in [0, 0.1) is 10.1 Å². The third kappa shape index (κ3) is 4.18. The lowest BCUT2D eigenvalue weighted by molar-refractivity contribution is -0.384. The molecule has 2 aromatic rings. The molecule has 2 aromatic carbocycles. The molecule has 0 amide bonds. The molecule has 27 heavy (non-hydrogen) atoms. The zero-order chi connectivity index (χ0) is 19.4. The van der Waals surface area contributed by atoms with Gasteiger partial charge in [0, 0.05) is 25.2 Å². The molecule has 1 N–H and O–H groups in total. The molecule has 1 heterocycles. The fourth-order valence-corrected chi connectivity index (χ4v) is 5.48. The average molecular weight is 390 g/mol. The molecule has 0 radical (unpaired) electrons. The average Bonchev–Trinajstić information content (AvgIpc) is 2.69. The van der Waals surface area contributed by atoms with Crippen molar-refractivity contribution < 1.29 is 18.4 Å². The summed E-state index contributed by atoms with van der Waals surface area (Å²) in [6, 6.07) is 14.0. The first-order valence-corrected chi connectivity index (χ1v) is 10.4. The number of aliphatic hydroxyl groups is 1. The number of nitro groups is 1. The van der Waals surface area contributed by atoms with E-state index >= 15 is 0 Å². The van der Waals surface area contributed by atoms with Gasteiger partial charge in [0.1, 0.15) is 11.4 Å². The summed E-state index contributed by atoms with van der Waals surface area (Å²) in [5.41, 5.74) is 0.713. The molecular formula is C19H22N2O5S. The van der Waals surface area contributed by atoms with Crippen molar-refractivity contribution >= 4 is 15.7 Å². The van der Waals surface area contributed by atoms with E-state index in [2.05, 4.69) is 0 Å². The number of hydrogen-bond acceptors (Lipinski definition) is 5. The number of aliphatic hydroxyl groups excluding tert-OH is 1. The Morgan fingerprint density at radius 1 is 0.926 bits per heavy atom. The highest BCUT2D eigenvalue weighted by Gasteiger charge is 2.39. The molecule has 1 fully saturated rings. The van der Waals surface area contributed by atoms with Gasteiger partial charge in [-0.25, -0.2) is 12.7 Å². The Morgan fingerprint density at radius 2 is 1.52 bits per heavy atom. The van der Waals surface area contributed by atoms with Crippen molar-refractivity contribution in [3.63, 3.8) is 0 Å². The Labute approximate surface area is 158 Å². The summed E-state index contributed by atoms with van der Waals surface area (Å²) in [6.07, 6.45) is 1.26. The zero-order valence-corrected chi connectivity index (χ0v) is 15.6. The van der Waals surface area contributed by atoms with E-state index in [1.807, 2.05) is 0 Å². The molecular weight excluding hydrogens is 368 g/mol. The van der Waals surface area contributed by atoms with Crippen LogP contribution in [0.1, 0.15) is 41.7 Å². The van der Waals surface area contributed by atoms with Crippen molar-refractivity contribution in [1.29, 1.82) is 0 Å². The quantitative estimate of drug-likeness (QED) is 0.603. The molecule has 3 rings (SSSR count). The Kier molecular flexibility index (Phi) is 5.88. The van der Waals surface area contributed by atoms with Gasteiger partial charge >= 0.3 is 0 Å². The summed E-state index contributed by atoms with van der Waals surface area (Å²) < 4.78 is 28.1. The maximum absolute atomic E-state index is 13.3. The maximum atomic E-state index is 13.3. The topological polar surface area (TPSA) is 101 Å². The SMILES string of the molecule is O=[N+]([O-])c1ccc([C@H](O)[C@H](c2ccccc2)S(=O)(=O)N2CCCCC2)cc1. The molecule has 7 nitrogen and oxygen atoms in total. The molecule has 2 atom stereocenters. The fourth-order valence-electron chi connectivity index (χ4n) is 3.41. The normalized spacial score (nSPS) is 18.0. The smallest absolute Gasteiger partial charge is 0.269 e. The van der Waals surface area contributed by atoms with Crippen LogP contribution >= 0.6 is 0 Å². The Balaban J connectivity index is 2.00. The number of nitrogens with zero attached hydrogens (tertiary/aromatic N) is 2. The standard InChI is InChI=1S/C19H22N2O5S/c22-18(15-9-11-17(12-10-15)21(23)24)19(16-7-3-1-4-8-16)27(25,26)20-13-5-2-6-14-20/h1,3-4,7-12,18-19,22H,2,5-6,13-14H2/t18-,19-/m0/s1. The van der Waals surface area contributed by atoms with Gasteiger partial charge in [-0.15, -0.1) is 0 Å². The summed E-state index contributed by atoms with van der Waals surface area (Å²) in [5.74, 6) is 0. The van der Waals surface area contributed by atoms with Crippen LogP contribution in [-0.2, 0) is 10.0 Å². The van der Waals surface area contributed by atoms with Crippen LogP contribution in [0.15, 0.2) is 54.6 Å². The minimum atomic E-state index is -3.80. The number of hydrogen-bond donors (Lipinski definition) is 1. The van der Waals surface area contributed by atoms with Crippen LogP contribution in [0.5, 0.6) is 0 Å². The molecule has 0 unspecified atom stereocenters. The second kappa shape index (κ2) is 8.16. The van der Waals surface area contributed by atoms with Gasteiger partial charge in [0.2, 0.25) is 10.0 Å². The lowest BCUT2D eigenvalue weighted by atomic mass is 10.0. The van der Waals surface area contributed by atoms with Gasteiger partial charge in [-0.05, 0) is 36.1 Å². The van der Waals surface area contributed by atoms with Crippen molar-refractivity contribution in [2.24, 2.45) is 0 Å². The van der Waals surface area contributed by atoms with E-state index in [0.717, 1.165) is 19.3 Å². The summed E-state index contributed by atoms with van der Waals surface area (Å²) in [7, 11) is -3.80. The van der Waals surface area contributed by atoms with Crippen molar-refractivity contribution in [2.75, 3.05) is 13.1 Å². The number of rotatable bonds is 6. The molecule has 8 heteroatoms. The molecule has 1 aliphatic heterocycles. The summed E-state index contributed by atoms with van der Waals surface area (Å²) in [6.45, 7) is 0.886. The highest BCUT2D eigenvalue weighted by Crippen LogP contribution is 2.38. The fraction of sp³-hybridized carbons (Fsp3) is 0.368. The van der Waals surface area contributed by atoms with Crippen LogP contribution < -0.4 is 0 Å². The van der Waals surface area contributed by atoms with E-state index in [4.69, 9.17) is 0 Å². The predicted octanol–water partition coefficient (Wildman–Crippen LogP) is 3.19. The first-order chi connectivity index (χ1) is 12.9. The van der Waals surface area contributed by atoms with E-state index in [1.165, 1.54) is 28.6 Å². The number of non-ortho nitro benzene ring substituents is 1. The number of benzene rings is 2. The van der Waals surface area contributed by atoms with Crippen molar-refractivity contribution in [1.82, 2.24) is 4.31 Å². The largest absolute Gasteiger partial charge is 0.387 e. The minimum absolute atomic E-state index is 0.110. The third-order valence-corrected chi connectivity index (χ3v) is 7.11. The maximum Gasteiger partial charge on any atom is 0.269 e. The van der Waals surface area contributed by atoms with Gasteiger partial charge in [-0.1, -0.05) is 36.8 Å². The van der Waals surface area contributed by atoms with E-state index < -0.39 is 26.3 Å². The van der Waals surface area contributed by atoms with Crippen molar-refractivity contribution in [3.8, 4) is 0 Å². The van der Waals surface area contributed by atoms with Gasteiger partial charge < -0.3 is 5.11 Å². The van der Waals surface area contributed by atoms with Crippen LogP contribution in [0.25, 0.3) is 0 Å². The molecule has 0 bridgehead atoms. The zero-order valence-electron chi connectivity index (χ0n) is 14.8. The highest BCUT2D eigenvalue weighted by atomic mass is 32.2. The van der Waals surface area contributed by atoms with E-state index in [0.29, 0.717) is 24.2 Å². The van der Waals surface area contributed by atoms with Crippen LogP contribution in [0.4, 0.5) is 5.69 Å². The second-order valence-electron chi connectivity index (χ2n) is 6.63. The first-order valence-electron chi connectivity index (χ1n) is 8.87. The Morgan fingerprint density at radius 3 is 2.07 bits per heavy atom. The van der Waals surface area contributed by atoms with Gasteiger partial charge in [0.15, 0.2) is 0 Å². The Hall–Kier alpha value is -2.29. The van der Waals surface area contributed by atoms with Crippen LogP contribution in [0.3, 0.4) is 0 Å². The van der Waals surface area contributed by atoms with Gasteiger partial charge in [0.25, 0.3) is 5.69 Å². The summed E-state index contributed by atoms with van der Waals surface area (Å²) in [4.78, 5) is 10.3. The lowest BCUT2D eigenvalue weighted by Gasteiger charge is -2.32. The van der Waals surface area contributed by atoms with E-state index in [-0.39, 0.29) is 5.69 Å². The molecule has 1 aliphatic rings. The summed E-state index contributed by atoms with van der Waals surface area (Å²) >= 11 is 0. The van der Waals surface area contributed by atoms with Crippen LogP contribution in [0.2, 0.25) is 0 Å². The molecule has 0 saturated carbocycles. The third-order valence-electron chi connectivity index (χ3n) is 4.86. The first kappa shape index (κ1) is 19.5. The number of piperidine rings is 1. The minimum Gasteiger partial charge on any atom is -0.387 e. The molecule has 1 saturated heterocycles. The Bertz CT molecular complexity index is 878. The van der Waals surface area contributed by atoms with Crippen LogP contribution in [-0.4, -0.2) is 35.8 Å². The summed E-state index contributed by atoms with van der Waals surface area (Å²) in [5, 5.41) is 20.6. The lowest BCUT2D eigenvalue weighted by Crippen LogP contribution is -2.40. The molecule has 0 spiro atoms. The monoisotopic (exact) mass is 390 g/mol. The predicted molar refractivity (Wildman–Crippen MR) is 102 cm³/mol. The molecule has 0 aromatic heterocycles. The van der Waals surface area contributed by atoms with E-state index in [1.54, 1.807) is 30.3 Å². The number of nitro benzene ring substituents is 1. The van der Waals surface area contributed by atoms with E-state index in [9.17, 15) is 23.6 Å². The molecule has 0 aliphatic carbocycles. The highest BCUT2D eigenvalue weighted by molar-refractivity contribution is 7.89.